The number of aromatic nitrogens is 2. The van der Waals surface area contributed by atoms with Crippen molar-refractivity contribution in [3.05, 3.63) is 51.8 Å². The van der Waals surface area contributed by atoms with Gasteiger partial charge in [-0.15, -0.1) is 0 Å². The number of nitrogens with zero attached hydrogens (tertiary/aromatic N) is 3. The average molecular weight is 301 g/mol. The molecule has 0 N–H and O–H groups in total. The fraction of sp³-hybridized carbons (Fsp3) is 0.471. The SMILES string of the molecule is CC(C)(C)c1cc(C(C)(C)C)n(-c2ccccc2[N+](=O)[O-])n1. The number of para-hydroxylation sites is 2. The summed E-state index contributed by atoms with van der Waals surface area (Å²) in [7, 11) is 0. The van der Waals surface area contributed by atoms with Gasteiger partial charge in [-0.25, -0.2) is 4.68 Å². The Morgan fingerprint density at radius 1 is 1.05 bits per heavy atom. The first kappa shape index (κ1) is 16.2. The van der Waals surface area contributed by atoms with Crippen molar-refractivity contribution in [3.63, 3.8) is 0 Å². The van der Waals surface area contributed by atoms with Gasteiger partial charge >= 0.3 is 0 Å². The highest BCUT2D eigenvalue weighted by atomic mass is 16.6. The van der Waals surface area contributed by atoms with Crippen molar-refractivity contribution in [2.75, 3.05) is 0 Å². The first-order valence-electron chi connectivity index (χ1n) is 7.36. The number of nitro benzene ring substituents is 1. The Morgan fingerprint density at radius 2 is 1.64 bits per heavy atom. The first-order chi connectivity index (χ1) is 10.0. The first-order valence-corrected chi connectivity index (χ1v) is 7.36. The Bertz CT molecular complexity index is 703. The molecule has 5 heteroatoms. The van der Waals surface area contributed by atoms with Crippen LogP contribution >= 0.6 is 0 Å². The van der Waals surface area contributed by atoms with Crippen molar-refractivity contribution < 1.29 is 4.92 Å². The summed E-state index contributed by atoms with van der Waals surface area (Å²) in [5, 5.41) is 16.0. The van der Waals surface area contributed by atoms with E-state index in [9.17, 15) is 10.1 Å². The molecule has 0 amide bonds. The number of benzene rings is 1. The summed E-state index contributed by atoms with van der Waals surface area (Å²) in [5.74, 6) is 0. The molecule has 0 aliphatic rings. The molecule has 0 unspecified atom stereocenters. The molecule has 0 spiro atoms. The third kappa shape index (κ3) is 3.03. The third-order valence-corrected chi connectivity index (χ3v) is 3.55. The zero-order valence-corrected chi connectivity index (χ0v) is 14.0. The zero-order valence-electron chi connectivity index (χ0n) is 14.0. The minimum Gasteiger partial charge on any atom is -0.258 e. The number of hydrogen-bond donors (Lipinski definition) is 0. The molecular formula is C17H23N3O2. The summed E-state index contributed by atoms with van der Waals surface area (Å²) in [4.78, 5) is 11.0. The van der Waals surface area contributed by atoms with Gasteiger partial charge < -0.3 is 0 Å². The summed E-state index contributed by atoms with van der Waals surface area (Å²) >= 11 is 0. The fourth-order valence-corrected chi connectivity index (χ4v) is 2.26. The van der Waals surface area contributed by atoms with Crippen molar-refractivity contribution in [1.29, 1.82) is 0 Å². The van der Waals surface area contributed by atoms with Gasteiger partial charge in [-0.05, 0) is 12.1 Å². The average Bonchev–Trinajstić information content (AvgIpc) is 2.83. The van der Waals surface area contributed by atoms with E-state index in [4.69, 9.17) is 0 Å². The van der Waals surface area contributed by atoms with Crippen LogP contribution in [0.15, 0.2) is 30.3 Å². The van der Waals surface area contributed by atoms with Gasteiger partial charge in [0.1, 0.15) is 5.69 Å². The minimum absolute atomic E-state index is 0.0663. The largest absolute Gasteiger partial charge is 0.294 e. The predicted octanol–water partition coefficient (Wildman–Crippen LogP) is 4.38. The molecule has 22 heavy (non-hydrogen) atoms. The maximum atomic E-state index is 11.3. The smallest absolute Gasteiger partial charge is 0.258 e. The highest BCUT2D eigenvalue weighted by molar-refractivity contribution is 5.53. The summed E-state index contributed by atoms with van der Waals surface area (Å²) in [6.07, 6.45) is 0. The van der Waals surface area contributed by atoms with E-state index < -0.39 is 0 Å². The lowest BCUT2D eigenvalue weighted by Gasteiger charge is -2.20. The predicted molar refractivity (Wildman–Crippen MR) is 87.6 cm³/mol. The molecule has 0 atom stereocenters. The van der Waals surface area contributed by atoms with Gasteiger partial charge in [0.2, 0.25) is 0 Å². The molecule has 2 aromatic rings. The van der Waals surface area contributed by atoms with Crippen LogP contribution in [0.5, 0.6) is 0 Å². The lowest BCUT2D eigenvalue weighted by Crippen LogP contribution is -2.18. The Morgan fingerprint density at radius 3 is 2.14 bits per heavy atom. The van der Waals surface area contributed by atoms with E-state index >= 15 is 0 Å². The molecule has 0 radical (unpaired) electrons. The van der Waals surface area contributed by atoms with Crippen LogP contribution in [-0.2, 0) is 10.8 Å². The molecule has 0 saturated heterocycles. The van der Waals surface area contributed by atoms with Crippen molar-refractivity contribution in [3.8, 4) is 5.69 Å². The Labute approximate surface area is 131 Å². The van der Waals surface area contributed by atoms with Gasteiger partial charge in [0.05, 0.1) is 16.3 Å². The van der Waals surface area contributed by atoms with Crippen LogP contribution in [-0.4, -0.2) is 14.7 Å². The quantitative estimate of drug-likeness (QED) is 0.611. The Hall–Kier alpha value is -2.17. The van der Waals surface area contributed by atoms with E-state index in [2.05, 4.69) is 52.7 Å². The van der Waals surface area contributed by atoms with Crippen LogP contribution in [0.3, 0.4) is 0 Å². The second kappa shape index (κ2) is 5.23. The van der Waals surface area contributed by atoms with E-state index in [1.54, 1.807) is 22.9 Å². The molecule has 1 aromatic carbocycles. The van der Waals surface area contributed by atoms with E-state index in [0.29, 0.717) is 5.69 Å². The zero-order chi connectivity index (χ0) is 16.7. The molecule has 0 aliphatic carbocycles. The summed E-state index contributed by atoms with van der Waals surface area (Å²) in [6.45, 7) is 12.5. The molecule has 1 heterocycles. The van der Waals surface area contributed by atoms with Crippen LogP contribution in [0.4, 0.5) is 5.69 Å². The van der Waals surface area contributed by atoms with Gasteiger partial charge in [-0.3, -0.25) is 10.1 Å². The van der Waals surface area contributed by atoms with Gasteiger partial charge in [-0.1, -0.05) is 53.7 Å². The van der Waals surface area contributed by atoms with Crippen molar-refractivity contribution in [2.45, 2.75) is 52.4 Å². The molecule has 0 bridgehead atoms. The highest BCUT2D eigenvalue weighted by Crippen LogP contribution is 2.32. The van der Waals surface area contributed by atoms with E-state index in [-0.39, 0.29) is 21.4 Å². The maximum absolute atomic E-state index is 11.3. The number of hydrogen-bond acceptors (Lipinski definition) is 3. The monoisotopic (exact) mass is 301 g/mol. The molecule has 5 nitrogen and oxygen atoms in total. The van der Waals surface area contributed by atoms with Gasteiger partial charge in [0.25, 0.3) is 5.69 Å². The van der Waals surface area contributed by atoms with E-state index in [0.717, 1.165) is 11.4 Å². The molecular weight excluding hydrogens is 278 g/mol. The van der Waals surface area contributed by atoms with E-state index in [1.807, 2.05) is 0 Å². The maximum Gasteiger partial charge on any atom is 0.294 e. The highest BCUT2D eigenvalue weighted by Gasteiger charge is 2.28. The second-order valence-corrected chi connectivity index (χ2v) is 7.57. The normalized spacial score (nSPS) is 12.5. The minimum atomic E-state index is -0.361. The molecule has 0 aliphatic heterocycles. The summed E-state index contributed by atoms with van der Waals surface area (Å²) in [5.41, 5.74) is 2.18. The standard InChI is InChI=1S/C17H23N3O2/c1-16(2,3)14-11-15(17(4,5)6)19(18-14)12-9-7-8-10-13(12)20(21)22/h7-11H,1-6H3. The van der Waals surface area contributed by atoms with Gasteiger partial charge in [-0.2, -0.15) is 5.10 Å². The molecule has 2 rings (SSSR count). The van der Waals surface area contributed by atoms with Gasteiger partial charge in [0, 0.05) is 16.9 Å². The van der Waals surface area contributed by atoms with Crippen LogP contribution in [0.2, 0.25) is 0 Å². The Kier molecular flexibility index (Phi) is 3.85. The summed E-state index contributed by atoms with van der Waals surface area (Å²) in [6, 6.07) is 8.78. The number of rotatable bonds is 2. The van der Waals surface area contributed by atoms with Gasteiger partial charge in [0.15, 0.2) is 0 Å². The third-order valence-electron chi connectivity index (χ3n) is 3.55. The molecule has 0 saturated carbocycles. The van der Waals surface area contributed by atoms with Crippen LogP contribution in [0.1, 0.15) is 52.9 Å². The lowest BCUT2D eigenvalue weighted by molar-refractivity contribution is -0.384. The van der Waals surface area contributed by atoms with Crippen LogP contribution in [0, 0.1) is 10.1 Å². The second-order valence-electron chi connectivity index (χ2n) is 7.57. The van der Waals surface area contributed by atoms with Crippen molar-refractivity contribution >= 4 is 5.69 Å². The molecule has 0 fully saturated rings. The number of nitro groups is 1. The van der Waals surface area contributed by atoms with Crippen LogP contribution in [0.25, 0.3) is 5.69 Å². The van der Waals surface area contributed by atoms with Crippen LogP contribution < -0.4 is 0 Å². The fourth-order valence-electron chi connectivity index (χ4n) is 2.26. The Balaban J connectivity index is 2.75. The van der Waals surface area contributed by atoms with Crippen molar-refractivity contribution in [1.82, 2.24) is 9.78 Å². The molecule has 1 aromatic heterocycles. The van der Waals surface area contributed by atoms with Crippen molar-refractivity contribution in [2.24, 2.45) is 0 Å². The topological polar surface area (TPSA) is 61.0 Å². The summed E-state index contributed by atoms with van der Waals surface area (Å²) < 4.78 is 1.72. The van der Waals surface area contributed by atoms with E-state index in [1.165, 1.54) is 6.07 Å². The lowest BCUT2D eigenvalue weighted by atomic mass is 9.88. The molecule has 118 valence electrons.